The molecule has 0 radical (unpaired) electrons. The molecule has 1 N–H and O–H groups in total. The SMILES string of the molecule is Cn1c(=O)[nH]c2nnc(-c3ccccc3)nc2c1=O. The molecule has 0 aliphatic rings. The average Bonchev–Trinajstić information content (AvgIpc) is 2.46. The Morgan fingerprint density at radius 2 is 1.84 bits per heavy atom. The first kappa shape index (κ1) is 11.3. The maximum atomic E-state index is 11.9. The molecule has 0 spiro atoms. The maximum absolute atomic E-state index is 11.9. The normalized spacial score (nSPS) is 10.8. The Labute approximate surface area is 106 Å². The van der Waals surface area contributed by atoms with Crippen molar-refractivity contribution in [3.63, 3.8) is 0 Å². The molecule has 2 aromatic heterocycles. The van der Waals surface area contributed by atoms with Gasteiger partial charge < -0.3 is 0 Å². The zero-order valence-electron chi connectivity index (χ0n) is 9.99. The Kier molecular flexibility index (Phi) is 2.45. The van der Waals surface area contributed by atoms with Gasteiger partial charge >= 0.3 is 5.69 Å². The molecule has 0 saturated heterocycles. The second-order valence-electron chi connectivity index (χ2n) is 3.99. The second kappa shape index (κ2) is 4.13. The highest BCUT2D eigenvalue weighted by molar-refractivity contribution is 5.70. The average molecular weight is 255 g/mol. The topological polar surface area (TPSA) is 93.5 Å². The second-order valence-corrected chi connectivity index (χ2v) is 3.99. The van der Waals surface area contributed by atoms with E-state index in [-0.39, 0.29) is 11.2 Å². The van der Waals surface area contributed by atoms with E-state index in [0.29, 0.717) is 5.82 Å². The van der Waals surface area contributed by atoms with Crippen molar-refractivity contribution in [3.05, 3.63) is 51.2 Å². The number of rotatable bonds is 1. The van der Waals surface area contributed by atoms with Crippen molar-refractivity contribution < 1.29 is 0 Å². The molecular formula is C12H9N5O2. The van der Waals surface area contributed by atoms with Crippen molar-refractivity contribution in [1.29, 1.82) is 0 Å². The summed E-state index contributed by atoms with van der Waals surface area (Å²) in [7, 11) is 1.38. The van der Waals surface area contributed by atoms with Crippen LogP contribution in [0, 0.1) is 0 Å². The van der Waals surface area contributed by atoms with Gasteiger partial charge in [-0.25, -0.2) is 9.78 Å². The number of nitrogens with zero attached hydrogens (tertiary/aromatic N) is 4. The first-order valence-electron chi connectivity index (χ1n) is 5.56. The van der Waals surface area contributed by atoms with E-state index in [9.17, 15) is 9.59 Å². The molecule has 19 heavy (non-hydrogen) atoms. The molecule has 3 rings (SSSR count). The van der Waals surface area contributed by atoms with E-state index in [1.165, 1.54) is 7.05 Å². The summed E-state index contributed by atoms with van der Waals surface area (Å²) >= 11 is 0. The molecule has 0 amide bonds. The highest BCUT2D eigenvalue weighted by Gasteiger charge is 2.10. The first-order valence-corrected chi connectivity index (χ1v) is 5.56. The number of benzene rings is 1. The van der Waals surface area contributed by atoms with Gasteiger partial charge in [-0.15, -0.1) is 10.2 Å². The molecular weight excluding hydrogens is 246 g/mol. The molecule has 3 aromatic rings. The van der Waals surface area contributed by atoms with Crippen LogP contribution in [0.15, 0.2) is 39.9 Å². The van der Waals surface area contributed by atoms with Crippen LogP contribution in [0.1, 0.15) is 0 Å². The van der Waals surface area contributed by atoms with Crippen LogP contribution in [0.25, 0.3) is 22.6 Å². The van der Waals surface area contributed by atoms with E-state index in [4.69, 9.17) is 0 Å². The molecule has 7 nitrogen and oxygen atoms in total. The van der Waals surface area contributed by atoms with Crippen LogP contribution in [-0.4, -0.2) is 24.7 Å². The van der Waals surface area contributed by atoms with Crippen LogP contribution in [0.2, 0.25) is 0 Å². The van der Waals surface area contributed by atoms with Gasteiger partial charge in [0.2, 0.25) is 0 Å². The minimum absolute atomic E-state index is 0.0905. The summed E-state index contributed by atoms with van der Waals surface area (Å²) in [4.78, 5) is 30.0. The van der Waals surface area contributed by atoms with Crippen molar-refractivity contribution in [1.82, 2.24) is 24.7 Å². The summed E-state index contributed by atoms with van der Waals surface area (Å²) in [5.41, 5.74) is -0.0965. The van der Waals surface area contributed by atoms with Gasteiger partial charge in [0.1, 0.15) is 0 Å². The quantitative estimate of drug-likeness (QED) is 0.664. The number of hydrogen-bond acceptors (Lipinski definition) is 5. The summed E-state index contributed by atoms with van der Waals surface area (Å²) in [6.45, 7) is 0. The predicted molar refractivity (Wildman–Crippen MR) is 68.6 cm³/mol. The van der Waals surface area contributed by atoms with Crippen molar-refractivity contribution in [2.75, 3.05) is 0 Å². The molecule has 0 aliphatic heterocycles. The van der Waals surface area contributed by atoms with Crippen LogP contribution in [0.3, 0.4) is 0 Å². The molecule has 7 heteroatoms. The number of nitrogens with one attached hydrogen (secondary N) is 1. The number of fused-ring (bicyclic) bond motifs is 1. The molecule has 2 heterocycles. The number of aromatic amines is 1. The number of aromatic nitrogens is 5. The van der Waals surface area contributed by atoms with Crippen molar-refractivity contribution in [2.24, 2.45) is 7.05 Å². The van der Waals surface area contributed by atoms with Crippen molar-refractivity contribution in [3.8, 4) is 11.4 Å². The Bertz CT molecular complexity index is 867. The largest absolute Gasteiger partial charge is 0.329 e. The molecule has 1 aromatic carbocycles. The predicted octanol–water partition coefficient (Wildman–Crippen LogP) is 0.0788. The fraction of sp³-hybridized carbons (Fsp3) is 0.0833. The van der Waals surface area contributed by atoms with E-state index < -0.39 is 11.2 Å². The molecule has 0 atom stereocenters. The third kappa shape index (κ3) is 1.81. The summed E-state index contributed by atoms with van der Waals surface area (Å²) in [5.74, 6) is 0.345. The van der Waals surface area contributed by atoms with Gasteiger partial charge in [0.25, 0.3) is 5.56 Å². The minimum Gasteiger partial charge on any atom is -0.288 e. The Morgan fingerprint density at radius 3 is 2.58 bits per heavy atom. The fourth-order valence-electron chi connectivity index (χ4n) is 1.70. The minimum atomic E-state index is -0.541. The van der Waals surface area contributed by atoms with Gasteiger partial charge in [-0.3, -0.25) is 14.3 Å². The van der Waals surface area contributed by atoms with Crippen LogP contribution in [-0.2, 0) is 7.05 Å². The van der Waals surface area contributed by atoms with Gasteiger partial charge in [0.15, 0.2) is 17.0 Å². The highest BCUT2D eigenvalue weighted by Crippen LogP contribution is 2.13. The molecule has 0 aliphatic carbocycles. The van der Waals surface area contributed by atoms with E-state index in [1.54, 1.807) is 0 Å². The Hall–Kier alpha value is -2.83. The molecule has 0 unspecified atom stereocenters. The Balaban J connectivity index is 2.33. The maximum Gasteiger partial charge on any atom is 0.329 e. The summed E-state index contributed by atoms with van der Waals surface area (Å²) in [6, 6.07) is 9.19. The van der Waals surface area contributed by atoms with Crippen molar-refractivity contribution in [2.45, 2.75) is 0 Å². The van der Waals surface area contributed by atoms with E-state index in [2.05, 4.69) is 20.2 Å². The smallest absolute Gasteiger partial charge is 0.288 e. The standard InChI is InChI=1S/C12H9N5O2/c1-17-11(18)8-10(14-12(17)19)16-15-9(13-8)7-5-3-2-4-6-7/h2-6H,1H3,(H,14,16,19). The third-order valence-electron chi connectivity index (χ3n) is 2.76. The lowest BCUT2D eigenvalue weighted by Gasteiger charge is -2.01. The van der Waals surface area contributed by atoms with E-state index in [1.807, 2.05) is 30.3 Å². The summed E-state index contributed by atoms with van der Waals surface area (Å²) in [6.07, 6.45) is 0. The van der Waals surface area contributed by atoms with Crippen LogP contribution in [0.5, 0.6) is 0 Å². The van der Waals surface area contributed by atoms with Crippen LogP contribution in [0.4, 0.5) is 0 Å². The van der Waals surface area contributed by atoms with Gasteiger partial charge in [0, 0.05) is 12.6 Å². The van der Waals surface area contributed by atoms with E-state index in [0.717, 1.165) is 10.1 Å². The Morgan fingerprint density at radius 1 is 1.11 bits per heavy atom. The van der Waals surface area contributed by atoms with Crippen molar-refractivity contribution >= 4 is 11.2 Å². The highest BCUT2D eigenvalue weighted by atomic mass is 16.2. The lowest BCUT2D eigenvalue weighted by atomic mass is 10.2. The third-order valence-corrected chi connectivity index (χ3v) is 2.76. The zero-order valence-corrected chi connectivity index (χ0v) is 9.99. The van der Waals surface area contributed by atoms with E-state index >= 15 is 0 Å². The zero-order chi connectivity index (χ0) is 13.4. The van der Waals surface area contributed by atoms with Crippen LogP contribution >= 0.6 is 0 Å². The molecule has 0 bridgehead atoms. The van der Waals surface area contributed by atoms with Crippen LogP contribution < -0.4 is 11.2 Å². The lowest BCUT2D eigenvalue weighted by molar-refractivity contribution is 0.781. The van der Waals surface area contributed by atoms with Gasteiger partial charge in [-0.05, 0) is 0 Å². The summed E-state index contributed by atoms with van der Waals surface area (Å²) < 4.78 is 0.950. The van der Waals surface area contributed by atoms with Gasteiger partial charge in [0.05, 0.1) is 0 Å². The molecule has 0 fully saturated rings. The molecule has 94 valence electrons. The molecule has 0 saturated carbocycles. The van der Waals surface area contributed by atoms with Gasteiger partial charge in [-0.2, -0.15) is 0 Å². The first-order chi connectivity index (χ1) is 9.16. The van der Waals surface area contributed by atoms with Gasteiger partial charge in [-0.1, -0.05) is 30.3 Å². The monoisotopic (exact) mass is 255 g/mol. The lowest BCUT2D eigenvalue weighted by Crippen LogP contribution is -2.33. The number of hydrogen-bond donors (Lipinski definition) is 1. The summed E-state index contributed by atoms with van der Waals surface area (Å²) in [5, 5.41) is 7.75. The fourth-order valence-corrected chi connectivity index (χ4v) is 1.70. The number of H-pyrrole nitrogens is 1.